The molecular formula is C9H24N2. The van der Waals surface area contributed by atoms with Crippen LogP contribution < -0.4 is 11.5 Å². The zero-order valence-electron chi connectivity index (χ0n) is 8.27. The van der Waals surface area contributed by atoms with Gasteiger partial charge in [-0.15, -0.1) is 0 Å². The Morgan fingerprint density at radius 3 is 1.45 bits per heavy atom. The predicted octanol–water partition coefficient (Wildman–Crippen LogP) is 1.88. The van der Waals surface area contributed by atoms with Crippen LogP contribution in [0.2, 0.25) is 0 Å². The molecule has 0 aromatic carbocycles. The summed E-state index contributed by atoms with van der Waals surface area (Å²) < 4.78 is 0. The van der Waals surface area contributed by atoms with Crippen LogP contribution in [0, 0.1) is 0 Å². The number of nitrogens with two attached hydrogens (primary N) is 2. The fourth-order valence-electron chi connectivity index (χ4n) is 1.13. The van der Waals surface area contributed by atoms with E-state index in [1.54, 1.807) is 0 Å². The summed E-state index contributed by atoms with van der Waals surface area (Å²) in [5, 5.41) is 0. The van der Waals surface area contributed by atoms with Gasteiger partial charge in [0.1, 0.15) is 0 Å². The van der Waals surface area contributed by atoms with Crippen LogP contribution in [0.15, 0.2) is 0 Å². The van der Waals surface area contributed by atoms with Gasteiger partial charge >= 0.3 is 0 Å². The van der Waals surface area contributed by atoms with Crippen LogP contribution in [-0.4, -0.2) is 13.1 Å². The minimum atomic E-state index is 0.536. The average molecular weight is 160 g/mol. The molecule has 11 heavy (non-hydrogen) atoms. The molecule has 0 amide bonds. The van der Waals surface area contributed by atoms with E-state index < -0.39 is 0 Å². The van der Waals surface area contributed by atoms with Crippen molar-refractivity contribution in [1.29, 1.82) is 0 Å². The molecule has 0 atom stereocenters. The summed E-state index contributed by atoms with van der Waals surface area (Å²) in [6.07, 6.45) is 6.66. The van der Waals surface area contributed by atoms with Gasteiger partial charge < -0.3 is 11.5 Å². The van der Waals surface area contributed by atoms with Crippen LogP contribution >= 0.6 is 0 Å². The molecule has 2 nitrogen and oxygen atoms in total. The van der Waals surface area contributed by atoms with Crippen molar-refractivity contribution in [1.82, 2.24) is 0 Å². The molecule has 1 saturated carbocycles. The first-order valence-electron chi connectivity index (χ1n) is 4.73. The molecule has 70 valence electrons. The zero-order chi connectivity index (χ0) is 9.11. The zero-order valence-corrected chi connectivity index (χ0v) is 8.27. The van der Waals surface area contributed by atoms with E-state index in [1.165, 1.54) is 39.2 Å². The Kier molecular flexibility index (Phi) is 15.4. The van der Waals surface area contributed by atoms with E-state index >= 15 is 0 Å². The maximum absolute atomic E-state index is 5.63. The van der Waals surface area contributed by atoms with Crippen molar-refractivity contribution >= 4 is 0 Å². The predicted molar refractivity (Wildman–Crippen MR) is 52.5 cm³/mol. The van der Waals surface area contributed by atoms with Crippen molar-refractivity contribution < 1.29 is 0 Å². The van der Waals surface area contributed by atoms with E-state index in [0.717, 1.165) is 0 Å². The van der Waals surface area contributed by atoms with E-state index in [9.17, 15) is 0 Å². The number of rotatable bonds is 0. The van der Waals surface area contributed by atoms with Gasteiger partial charge in [-0.2, -0.15) is 0 Å². The lowest BCUT2D eigenvalue weighted by atomic mass is 9.97. The Hall–Kier alpha value is -0.0800. The van der Waals surface area contributed by atoms with Crippen molar-refractivity contribution in [3.8, 4) is 0 Å². The van der Waals surface area contributed by atoms with Crippen molar-refractivity contribution in [2.24, 2.45) is 11.5 Å². The fraction of sp³-hybridized carbons (Fsp3) is 1.00. The van der Waals surface area contributed by atoms with Gasteiger partial charge in [0.05, 0.1) is 0 Å². The summed E-state index contributed by atoms with van der Waals surface area (Å²) >= 11 is 0. The van der Waals surface area contributed by atoms with Crippen LogP contribution in [0.4, 0.5) is 0 Å². The molecule has 1 rings (SSSR count). The Labute approximate surface area is 71.3 Å². The quantitative estimate of drug-likeness (QED) is 0.568. The normalized spacial score (nSPS) is 17.2. The van der Waals surface area contributed by atoms with Gasteiger partial charge in [-0.25, -0.2) is 0 Å². The summed E-state index contributed by atoms with van der Waals surface area (Å²) in [6, 6.07) is 0.536. The van der Waals surface area contributed by atoms with Crippen molar-refractivity contribution in [3.63, 3.8) is 0 Å². The lowest BCUT2D eigenvalue weighted by Gasteiger charge is -2.15. The second-order valence-electron chi connectivity index (χ2n) is 2.40. The molecule has 2 heteroatoms. The Morgan fingerprint density at radius 1 is 0.909 bits per heavy atom. The Bertz CT molecular complexity index is 49.5. The van der Waals surface area contributed by atoms with Gasteiger partial charge in [-0.1, -0.05) is 33.1 Å². The highest BCUT2D eigenvalue weighted by molar-refractivity contribution is 4.66. The molecule has 0 radical (unpaired) electrons. The minimum Gasteiger partial charge on any atom is -0.333 e. The monoisotopic (exact) mass is 160 g/mol. The van der Waals surface area contributed by atoms with Crippen LogP contribution in [0.1, 0.15) is 46.0 Å². The third-order valence-corrected chi connectivity index (χ3v) is 1.65. The number of hydrogen-bond donors (Lipinski definition) is 2. The average Bonchev–Trinajstić information content (AvgIpc) is 2.13. The highest BCUT2D eigenvalue weighted by Gasteiger charge is 2.06. The van der Waals surface area contributed by atoms with E-state index in [0.29, 0.717) is 6.04 Å². The Morgan fingerprint density at radius 2 is 1.27 bits per heavy atom. The minimum absolute atomic E-state index is 0.536. The van der Waals surface area contributed by atoms with Gasteiger partial charge in [0.2, 0.25) is 0 Å². The molecule has 0 aliphatic heterocycles. The maximum Gasteiger partial charge on any atom is 0.00388 e. The molecule has 0 bridgehead atoms. The topological polar surface area (TPSA) is 52.0 Å². The van der Waals surface area contributed by atoms with E-state index in [4.69, 9.17) is 5.73 Å². The summed E-state index contributed by atoms with van der Waals surface area (Å²) in [4.78, 5) is 0. The van der Waals surface area contributed by atoms with Gasteiger partial charge in [0.15, 0.2) is 0 Å². The molecule has 0 saturated heterocycles. The summed E-state index contributed by atoms with van der Waals surface area (Å²) in [5.41, 5.74) is 10.1. The van der Waals surface area contributed by atoms with Crippen LogP contribution in [0.3, 0.4) is 0 Å². The standard InChI is InChI=1S/C6H13N.C2H6.CH5N/c7-6-4-2-1-3-5-6;2*1-2/h6H,1-5,7H2;1-2H3;2H2,1H3. The Balaban J connectivity index is 0. The lowest BCUT2D eigenvalue weighted by molar-refractivity contribution is 0.441. The molecule has 4 N–H and O–H groups in total. The van der Waals surface area contributed by atoms with E-state index in [-0.39, 0.29) is 0 Å². The van der Waals surface area contributed by atoms with Crippen LogP contribution in [0.25, 0.3) is 0 Å². The third kappa shape index (κ3) is 9.92. The molecule has 1 fully saturated rings. The lowest BCUT2D eigenvalue weighted by Crippen LogP contribution is -2.22. The first-order chi connectivity index (χ1) is 5.39. The molecule has 1 aliphatic rings. The fourth-order valence-corrected chi connectivity index (χ4v) is 1.13. The third-order valence-electron chi connectivity index (χ3n) is 1.65. The van der Waals surface area contributed by atoms with Crippen molar-refractivity contribution in [2.45, 2.75) is 52.0 Å². The highest BCUT2D eigenvalue weighted by Crippen LogP contribution is 2.14. The molecule has 0 spiro atoms. The molecule has 1 aliphatic carbocycles. The summed E-state index contributed by atoms with van der Waals surface area (Å²) in [6.45, 7) is 4.00. The molecule has 0 aromatic rings. The number of hydrogen-bond acceptors (Lipinski definition) is 2. The van der Waals surface area contributed by atoms with E-state index in [1.807, 2.05) is 13.8 Å². The van der Waals surface area contributed by atoms with Crippen molar-refractivity contribution in [2.75, 3.05) is 7.05 Å². The SMILES string of the molecule is CC.CN.NC1CCCCC1. The summed E-state index contributed by atoms with van der Waals surface area (Å²) in [7, 11) is 1.50. The van der Waals surface area contributed by atoms with E-state index in [2.05, 4.69) is 5.73 Å². The van der Waals surface area contributed by atoms with Gasteiger partial charge in [0, 0.05) is 6.04 Å². The molecule has 0 aromatic heterocycles. The second-order valence-corrected chi connectivity index (χ2v) is 2.40. The molecule has 0 heterocycles. The van der Waals surface area contributed by atoms with Gasteiger partial charge in [-0.3, -0.25) is 0 Å². The summed E-state index contributed by atoms with van der Waals surface area (Å²) in [5.74, 6) is 0. The van der Waals surface area contributed by atoms with Gasteiger partial charge in [0.25, 0.3) is 0 Å². The largest absolute Gasteiger partial charge is 0.333 e. The van der Waals surface area contributed by atoms with Crippen molar-refractivity contribution in [3.05, 3.63) is 0 Å². The molecular weight excluding hydrogens is 136 g/mol. The molecule has 0 unspecified atom stereocenters. The second kappa shape index (κ2) is 12.6. The van der Waals surface area contributed by atoms with Crippen LogP contribution in [0.5, 0.6) is 0 Å². The van der Waals surface area contributed by atoms with Crippen LogP contribution in [-0.2, 0) is 0 Å². The first-order valence-corrected chi connectivity index (χ1v) is 4.73. The first kappa shape index (κ1) is 13.5. The smallest absolute Gasteiger partial charge is 0.00388 e. The van der Waals surface area contributed by atoms with Gasteiger partial charge in [-0.05, 0) is 19.9 Å². The maximum atomic E-state index is 5.63. The highest BCUT2D eigenvalue weighted by atomic mass is 14.6.